The minimum atomic E-state index is -1.66. The number of carbonyl (C=O) groups excluding carboxylic acids is 1. The molecule has 1 saturated carbocycles. The van der Waals surface area contributed by atoms with E-state index in [1.54, 1.807) is 0 Å². The Morgan fingerprint density at radius 3 is 2.20 bits per heavy atom. The molecule has 1 unspecified atom stereocenters. The minimum absolute atomic E-state index is 0.284. The van der Waals surface area contributed by atoms with Crippen molar-refractivity contribution >= 4 is 11.9 Å². The van der Waals surface area contributed by atoms with Crippen molar-refractivity contribution in [1.82, 2.24) is 4.90 Å². The highest BCUT2D eigenvalue weighted by molar-refractivity contribution is 5.84. The van der Waals surface area contributed by atoms with Crippen molar-refractivity contribution in [3.8, 4) is 0 Å². The minimum Gasteiger partial charge on any atom is -0.479 e. The summed E-state index contributed by atoms with van der Waals surface area (Å²) in [6.07, 6.45) is 1.21. The van der Waals surface area contributed by atoms with Crippen LogP contribution in [0.3, 0.4) is 0 Å². The van der Waals surface area contributed by atoms with Crippen LogP contribution in [0.5, 0.6) is 0 Å². The largest absolute Gasteiger partial charge is 0.479 e. The van der Waals surface area contributed by atoms with Gasteiger partial charge in [0.25, 0.3) is 0 Å². The van der Waals surface area contributed by atoms with Crippen LogP contribution in [-0.2, 0) is 9.59 Å². The molecule has 1 aromatic carbocycles. The Bertz CT molecular complexity index is 572. The Morgan fingerprint density at radius 1 is 1.20 bits per heavy atom. The third kappa shape index (κ3) is 2.61. The van der Waals surface area contributed by atoms with Crippen LogP contribution in [-0.4, -0.2) is 27.9 Å². The summed E-state index contributed by atoms with van der Waals surface area (Å²) in [6.45, 7) is 1.16. The first-order valence-corrected chi connectivity index (χ1v) is 5.99. The van der Waals surface area contributed by atoms with Crippen LogP contribution in [0.25, 0.3) is 0 Å². The van der Waals surface area contributed by atoms with Gasteiger partial charge in [-0.3, -0.25) is 4.79 Å². The fourth-order valence-corrected chi connectivity index (χ4v) is 2.15. The monoisotopic (exact) mass is 287 g/mol. The lowest BCUT2D eigenvalue weighted by molar-refractivity contribution is -0.150. The molecule has 0 aromatic heterocycles. The van der Waals surface area contributed by atoms with Crippen LogP contribution in [0, 0.1) is 17.5 Å². The second kappa shape index (κ2) is 5.15. The first kappa shape index (κ1) is 14.4. The first-order valence-electron chi connectivity index (χ1n) is 5.99. The van der Waals surface area contributed by atoms with Crippen molar-refractivity contribution in [2.24, 2.45) is 0 Å². The van der Waals surface area contributed by atoms with Crippen molar-refractivity contribution in [3.05, 3.63) is 35.1 Å². The van der Waals surface area contributed by atoms with Crippen molar-refractivity contribution in [3.63, 3.8) is 0 Å². The summed E-state index contributed by atoms with van der Waals surface area (Å²) < 4.78 is 39.9. The number of nitrogens with zero attached hydrogens (tertiary/aromatic N) is 1. The number of rotatable bonds is 4. The van der Waals surface area contributed by atoms with E-state index in [2.05, 4.69) is 0 Å². The van der Waals surface area contributed by atoms with Crippen molar-refractivity contribution in [2.45, 2.75) is 31.8 Å². The fourth-order valence-electron chi connectivity index (χ4n) is 2.15. The van der Waals surface area contributed by atoms with Crippen LogP contribution in [0.1, 0.15) is 31.4 Å². The molecule has 20 heavy (non-hydrogen) atoms. The highest BCUT2D eigenvalue weighted by Gasteiger charge is 2.41. The highest BCUT2D eigenvalue weighted by Crippen LogP contribution is 2.36. The molecular weight excluding hydrogens is 275 g/mol. The molecule has 0 bridgehead atoms. The zero-order chi connectivity index (χ0) is 15.0. The van der Waals surface area contributed by atoms with Gasteiger partial charge in [0.05, 0.1) is 0 Å². The highest BCUT2D eigenvalue weighted by atomic mass is 19.2. The summed E-state index contributed by atoms with van der Waals surface area (Å²) in [4.78, 5) is 23.9. The molecule has 0 heterocycles. The van der Waals surface area contributed by atoms with E-state index in [0.717, 1.165) is 11.8 Å². The summed E-state index contributed by atoms with van der Waals surface area (Å²) >= 11 is 0. The number of hydrogen-bond acceptors (Lipinski definition) is 2. The predicted molar refractivity (Wildman–Crippen MR) is 62.2 cm³/mol. The van der Waals surface area contributed by atoms with Crippen LogP contribution in [0.2, 0.25) is 0 Å². The number of carboxylic acid groups (broad SMARTS) is 1. The van der Waals surface area contributed by atoms with Crippen LogP contribution in [0.4, 0.5) is 13.2 Å². The van der Waals surface area contributed by atoms with Gasteiger partial charge in [-0.1, -0.05) is 0 Å². The fraction of sp³-hybridized carbons (Fsp3) is 0.385. The smallest absolute Gasteiger partial charge is 0.331 e. The van der Waals surface area contributed by atoms with Gasteiger partial charge >= 0.3 is 5.97 Å². The normalized spacial score (nSPS) is 15.8. The average molecular weight is 287 g/mol. The maximum Gasteiger partial charge on any atom is 0.331 e. The summed E-state index contributed by atoms with van der Waals surface area (Å²) in [5, 5.41) is 9.23. The molecule has 0 radical (unpaired) electrons. The number of carbonyl (C=O) groups is 2. The molecule has 1 aliphatic rings. The Hall–Kier alpha value is -2.05. The first-order chi connectivity index (χ1) is 9.32. The summed E-state index contributed by atoms with van der Waals surface area (Å²) in [5.41, 5.74) is -0.557. The second-order valence-corrected chi connectivity index (χ2v) is 4.69. The van der Waals surface area contributed by atoms with Crippen molar-refractivity contribution in [2.75, 3.05) is 0 Å². The third-order valence-corrected chi connectivity index (χ3v) is 3.15. The number of carboxylic acids is 1. The van der Waals surface area contributed by atoms with E-state index in [1.165, 1.54) is 0 Å². The zero-order valence-electron chi connectivity index (χ0n) is 10.6. The number of benzene rings is 1. The Kier molecular flexibility index (Phi) is 3.69. The van der Waals surface area contributed by atoms with Gasteiger partial charge in [-0.15, -0.1) is 0 Å². The van der Waals surface area contributed by atoms with Crippen molar-refractivity contribution < 1.29 is 27.9 Å². The number of aliphatic carboxylic acids is 1. The molecule has 2 rings (SSSR count). The number of amides is 1. The molecule has 0 aliphatic heterocycles. The molecule has 108 valence electrons. The van der Waals surface area contributed by atoms with Gasteiger partial charge in [-0.2, -0.15) is 0 Å². The molecule has 1 amide bonds. The standard InChI is InChI=1S/C13H12F3NO3/c1-6(18)17(7-2-3-7)12(13(19)20)8-4-10(15)11(16)5-9(8)14/h4-5,7,12H,2-3H2,1H3,(H,19,20). The lowest BCUT2D eigenvalue weighted by Gasteiger charge is -2.28. The molecule has 4 nitrogen and oxygen atoms in total. The molecule has 7 heteroatoms. The van der Waals surface area contributed by atoms with Crippen molar-refractivity contribution in [1.29, 1.82) is 0 Å². The van der Waals surface area contributed by atoms with E-state index in [9.17, 15) is 27.9 Å². The quantitative estimate of drug-likeness (QED) is 0.864. The molecule has 1 N–H and O–H groups in total. The SMILES string of the molecule is CC(=O)N(C1CC1)C(C(=O)O)c1cc(F)c(F)cc1F. The van der Waals surface area contributed by atoms with Crippen LogP contribution >= 0.6 is 0 Å². The van der Waals surface area contributed by atoms with Crippen LogP contribution < -0.4 is 0 Å². The molecule has 1 atom stereocenters. The maximum absolute atomic E-state index is 13.7. The van der Waals surface area contributed by atoms with Gasteiger partial charge in [-0.05, 0) is 18.9 Å². The van der Waals surface area contributed by atoms with Crippen LogP contribution in [0.15, 0.2) is 12.1 Å². The van der Waals surface area contributed by atoms with Gasteiger partial charge in [0, 0.05) is 24.6 Å². The predicted octanol–water partition coefficient (Wildman–Crippen LogP) is 2.24. The topological polar surface area (TPSA) is 57.6 Å². The number of hydrogen-bond donors (Lipinski definition) is 1. The van der Waals surface area contributed by atoms with Gasteiger partial charge in [0.1, 0.15) is 5.82 Å². The van der Waals surface area contributed by atoms with E-state index in [1.807, 2.05) is 0 Å². The van der Waals surface area contributed by atoms with E-state index in [-0.39, 0.29) is 12.1 Å². The molecular formula is C13H12F3NO3. The lowest BCUT2D eigenvalue weighted by Crippen LogP contribution is -2.39. The molecule has 1 aliphatic carbocycles. The number of halogens is 3. The van der Waals surface area contributed by atoms with E-state index in [4.69, 9.17) is 0 Å². The lowest BCUT2D eigenvalue weighted by atomic mass is 10.0. The van der Waals surface area contributed by atoms with E-state index >= 15 is 0 Å². The average Bonchev–Trinajstić information content (AvgIpc) is 3.14. The van der Waals surface area contributed by atoms with Gasteiger partial charge in [0.15, 0.2) is 17.7 Å². The van der Waals surface area contributed by atoms with E-state index in [0.29, 0.717) is 18.9 Å². The van der Waals surface area contributed by atoms with Gasteiger partial charge in [-0.25, -0.2) is 18.0 Å². The third-order valence-electron chi connectivity index (χ3n) is 3.15. The van der Waals surface area contributed by atoms with Gasteiger partial charge < -0.3 is 10.0 Å². The summed E-state index contributed by atoms with van der Waals surface area (Å²) in [5.74, 6) is -5.99. The molecule has 1 fully saturated rings. The summed E-state index contributed by atoms with van der Waals surface area (Å²) in [6, 6.07) is -1.19. The summed E-state index contributed by atoms with van der Waals surface area (Å²) in [7, 11) is 0. The zero-order valence-corrected chi connectivity index (χ0v) is 10.6. The Labute approximate surface area is 112 Å². The Balaban J connectivity index is 2.50. The molecule has 1 aromatic rings. The maximum atomic E-state index is 13.7. The molecule has 0 spiro atoms. The molecule has 0 saturated heterocycles. The van der Waals surface area contributed by atoms with Gasteiger partial charge in [0.2, 0.25) is 5.91 Å². The Morgan fingerprint density at radius 2 is 1.75 bits per heavy atom. The van der Waals surface area contributed by atoms with E-state index < -0.39 is 40.9 Å². The second-order valence-electron chi connectivity index (χ2n) is 4.69.